The highest BCUT2D eigenvalue weighted by atomic mass is 32.2. The highest BCUT2D eigenvalue weighted by Gasteiger charge is 2.22. The Hall–Kier alpha value is -1.27. The summed E-state index contributed by atoms with van der Waals surface area (Å²) >= 11 is 0. The number of phenols is 1. The molecule has 0 aromatic heterocycles. The van der Waals surface area contributed by atoms with Gasteiger partial charge in [-0.05, 0) is 39.3 Å². The van der Waals surface area contributed by atoms with E-state index in [-0.39, 0.29) is 24.2 Å². The molecule has 1 rings (SSSR count). The Morgan fingerprint density at radius 1 is 1.35 bits per heavy atom. The lowest BCUT2D eigenvalue weighted by Crippen LogP contribution is -2.35. The average Bonchev–Trinajstić information content (AvgIpc) is 2.33. The molecule has 5 nitrogen and oxygen atoms in total. The third-order valence-electron chi connectivity index (χ3n) is 2.88. The Morgan fingerprint density at radius 2 is 2.00 bits per heavy atom. The quantitative estimate of drug-likeness (QED) is 0.839. The smallest absolute Gasteiger partial charge is 0.237 e. The first-order valence-corrected chi connectivity index (χ1v) is 8.30. The SMILES string of the molecule is CCN(c1cc(O)ccc1C)S(=O)(=O)CCOC(C)C. The summed E-state index contributed by atoms with van der Waals surface area (Å²) in [4.78, 5) is 0. The molecule has 0 radical (unpaired) electrons. The van der Waals surface area contributed by atoms with Gasteiger partial charge in [0, 0.05) is 12.6 Å². The van der Waals surface area contributed by atoms with E-state index in [0.29, 0.717) is 12.2 Å². The van der Waals surface area contributed by atoms with Gasteiger partial charge >= 0.3 is 0 Å². The number of aryl methyl sites for hydroxylation is 1. The number of benzene rings is 1. The lowest BCUT2D eigenvalue weighted by Gasteiger charge is -2.25. The Labute approximate surface area is 121 Å². The van der Waals surface area contributed by atoms with Gasteiger partial charge in [-0.15, -0.1) is 0 Å². The second-order valence-corrected chi connectivity index (χ2v) is 6.88. The summed E-state index contributed by atoms with van der Waals surface area (Å²) in [6.45, 7) is 7.79. The first kappa shape index (κ1) is 16.8. The number of hydrogen-bond donors (Lipinski definition) is 1. The van der Waals surface area contributed by atoms with E-state index in [9.17, 15) is 13.5 Å². The van der Waals surface area contributed by atoms with E-state index in [1.807, 2.05) is 20.8 Å². The molecular formula is C14H23NO4S. The number of aromatic hydroxyl groups is 1. The topological polar surface area (TPSA) is 66.8 Å². The van der Waals surface area contributed by atoms with Crippen LogP contribution in [0.15, 0.2) is 18.2 Å². The van der Waals surface area contributed by atoms with Crippen molar-refractivity contribution in [1.29, 1.82) is 0 Å². The minimum Gasteiger partial charge on any atom is -0.508 e. The minimum atomic E-state index is -3.46. The molecular weight excluding hydrogens is 278 g/mol. The summed E-state index contributed by atoms with van der Waals surface area (Å²) in [6, 6.07) is 4.72. The third kappa shape index (κ3) is 4.38. The number of nitrogens with zero attached hydrogens (tertiary/aromatic N) is 1. The number of sulfonamides is 1. The zero-order chi connectivity index (χ0) is 15.3. The first-order valence-electron chi connectivity index (χ1n) is 6.69. The van der Waals surface area contributed by atoms with Gasteiger partial charge in [0.05, 0.1) is 24.2 Å². The van der Waals surface area contributed by atoms with E-state index in [4.69, 9.17) is 4.74 Å². The van der Waals surface area contributed by atoms with Crippen LogP contribution in [0.2, 0.25) is 0 Å². The van der Waals surface area contributed by atoms with Gasteiger partial charge in [0.1, 0.15) is 5.75 Å². The van der Waals surface area contributed by atoms with Crippen LogP contribution in [0, 0.1) is 6.92 Å². The average molecular weight is 301 g/mol. The number of hydrogen-bond acceptors (Lipinski definition) is 4. The molecule has 0 heterocycles. The van der Waals surface area contributed by atoms with E-state index < -0.39 is 10.0 Å². The lowest BCUT2D eigenvalue weighted by atomic mass is 10.2. The van der Waals surface area contributed by atoms with E-state index in [2.05, 4.69) is 0 Å². The van der Waals surface area contributed by atoms with Gasteiger partial charge in [-0.25, -0.2) is 8.42 Å². The molecule has 114 valence electrons. The van der Waals surface area contributed by atoms with Crippen molar-refractivity contribution < 1.29 is 18.3 Å². The van der Waals surface area contributed by atoms with Crippen LogP contribution in [0.4, 0.5) is 5.69 Å². The fraction of sp³-hybridized carbons (Fsp3) is 0.571. The Morgan fingerprint density at radius 3 is 2.55 bits per heavy atom. The van der Waals surface area contributed by atoms with Crippen LogP contribution in [0.1, 0.15) is 26.3 Å². The summed E-state index contributed by atoms with van der Waals surface area (Å²) in [6.07, 6.45) is 0.00258. The highest BCUT2D eigenvalue weighted by molar-refractivity contribution is 7.92. The van der Waals surface area contributed by atoms with Crippen molar-refractivity contribution in [3.05, 3.63) is 23.8 Å². The van der Waals surface area contributed by atoms with Gasteiger partial charge in [-0.1, -0.05) is 6.07 Å². The molecule has 0 bridgehead atoms. The largest absolute Gasteiger partial charge is 0.508 e. The van der Waals surface area contributed by atoms with E-state index in [0.717, 1.165) is 5.56 Å². The van der Waals surface area contributed by atoms with Crippen LogP contribution >= 0.6 is 0 Å². The maximum atomic E-state index is 12.4. The number of anilines is 1. The second kappa shape index (κ2) is 6.95. The summed E-state index contributed by atoms with van der Waals surface area (Å²) < 4.78 is 31.4. The van der Waals surface area contributed by atoms with Crippen LogP contribution in [-0.2, 0) is 14.8 Å². The van der Waals surface area contributed by atoms with Gasteiger partial charge in [-0.2, -0.15) is 0 Å². The first-order chi connectivity index (χ1) is 9.27. The maximum absolute atomic E-state index is 12.4. The molecule has 0 aliphatic rings. The standard InChI is InChI=1S/C14H23NO4S/c1-5-15(14-10-13(16)7-6-12(14)4)20(17,18)9-8-19-11(2)3/h6-7,10-11,16H,5,8-9H2,1-4H3. The Bertz CT molecular complexity index is 540. The van der Waals surface area contributed by atoms with Gasteiger partial charge < -0.3 is 9.84 Å². The summed E-state index contributed by atoms with van der Waals surface area (Å²) in [5.41, 5.74) is 1.31. The molecule has 0 saturated carbocycles. The number of rotatable bonds is 7. The van der Waals surface area contributed by atoms with Crippen LogP contribution < -0.4 is 4.31 Å². The van der Waals surface area contributed by atoms with Gasteiger partial charge in [0.25, 0.3) is 0 Å². The molecule has 1 N–H and O–H groups in total. The summed E-state index contributed by atoms with van der Waals surface area (Å²) in [7, 11) is -3.46. The molecule has 1 aromatic rings. The van der Waals surface area contributed by atoms with E-state index in [1.165, 1.54) is 10.4 Å². The number of ether oxygens (including phenoxy) is 1. The summed E-state index contributed by atoms with van der Waals surface area (Å²) in [5.74, 6) is -0.0219. The molecule has 0 saturated heterocycles. The lowest BCUT2D eigenvalue weighted by molar-refractivity contribution is 0.0912. The predicted molar refractivity (Wildman–Crippen MR) is 80.7 cm³/mol. The maximum Gasteiger partial charge on any atom is 0.237 e. The van der Waals surface area contributed by atoms with Crippen molar-refractivity contribution in [3.63, 3.8) is 0 Å². The van der Waals surface area contributed by atoms with Gasteiger partial charge in [0.15, 0.2) is 0 Å². The zero-order valence-corrected chi connectivity index (χ0v) is 13.3. The predicted octanol–water partition coefficient (Wildman–Crippen LogP) is 2.28. The third-order valence-corrected chi connectivity index (χ3v) is 4.69. The van der Waals surface area contributed by atoms with Crippen LogP contribution in [-0.4, -0.2) is 38.5 Å². The fourth-order valence-electron chi connectivity index (χ4n) is 1.88. The van der Waals surface area contributed by atoms with Crippen molar-refractivity contribution in [2.45, 2.75) is 33.8 Å². The van der Waals surface area contributed by atoms with Crippen LogP contribution in [0.3, 0.4) is 0 Å². The second-order valence-electron chi connectivity index (χ2n) is 4.87. The summed E-state index contributed by atoms with van der Waals surface area (Å²) in [5, 5.41) is 9.55. The molecule has 0 amide bonds. The highest BCUT2D eigenvalue weighted by Crippen LogP contribution is 2.27. The van der Waals surface area contributed by atoms with E-state index in [1.54, 1.807) is 19.1 Å². The normalized spacial score (nSPS) is 11.8. The molecule has 0 spiro atoms. The van der Waals surface area contributed by atoms with Crippen molar-refractivity contribution >= 4 is 15.7 Å². The molecule has 1 aromatic carbocycles. The van der Waals surface area contributed by atoms with Crippen LogP contribution in [0.5, 0.6) is 5.75 Å². The molecule has 0 aliphatic carbocycles. The van der Waals surface area contributed by atoms with Crippen molar-refractivity contribution in [3.8, 4) is 5.75 Å². The Kier molecular flexibility index (Phi) is 5.83. The monoisotopic (exact) mass is 301 g/mol. The number of phenolic OH excluding ortho intramolecular Hbond substituents is 1. The van der Waals surface area contributed by atoms with Crippen LogP contribution in [0.25, 0.3) is 0 Å². The van der Waals surface area contributed by atoms with Gasteiger partial charge in [0.2, 0.25) is 10.0 Å². The van der Waals surface area contributed by atoms with E-state index >= 15 is 0 Å². The zero-order valence-electron chi connectivity index (χ0n) is 12.5. The van der Waals surface area contributed by atoms with Gasteiger partial charge in [-0.3, -0.25) is 4.31 Å². The van der Waals surface area contributed by atoms with Crippen molar-refractivity contribution in [1.82, 2.24) is 0 Å². The van der Waals surface area contributed by atoms with Crippen molar-refractivity contribution in [2.24, 2.45) is 0 Å². The molecule has 20 heavy (non-hydrogen) atoms. The molecule has 0 fully saturated rings. The molecule has 0 aliphatic heterocycles. The Balaban J connectivity index is 2.96. The molecule has 0 atom stereocenters. The molecule has 0 unspecified atom stereocenters. The molecule has 6 heteroatoms. The van der Waals surface area contributed by atoms with Crippen molar-refractivity contribution in [2.75, 3.05) is 23.2 Å². The minimum absolute atomic E-state index is 0.00258. The fourth-order valence-corrected chi connectivity index (χ4v) is 3.30.